The Kier molecular flexibility index (Phi) is 3.95. The number of benzene rings is 1. The van der Waals surface area contributed by atoms with Gasteiger partial charge in [-0.15, -0.1) is 0 Å². The summed E-state index contributed by atoms with van der Waals surface area (Å²) in [6.07, 6.45) is 0.939. The number of aromatic nitrogens is 2. The summed E-state index contributed by atoms with van der Waals surface area (Å²) in [4.78, 5) is 0. The zero-order valence-corrected chi connectivity index (χ0v) is 12.5. The molecule has 1 heterocycles. The molecule has 0 aliphatic rings. The van der Waals surface area contributed by atoms with E-state index in [1.54, 1.807) is 0 Å². The molecule has 0 fully saturated rings. The van der Waals surface area contributed by atoms with Crippen LogP contribution in [0.3, 0.4) is 0 Å². The van der Waals surface area contributed by atoms with E-state index in [-0.39, 0.29) is 5.41 Å². The average Bonchev–Trinajstić information content (AvgIpc) is 2.76. The standard InChI is InChI=1S/C16H25N3/c1-5-19-15-9-7-6-8-13(15)14(18-19)10-16(4,11-17)12(2)3/h6-9,12H,5,10-11,17H2,1-4H3. The third kappa shape index (κ3) is 2.52. The van der Waals surface area contributed by atoms with Gasteiger partial charge in [-0.3, -0.25) is 4.68 Å². The van der Waals surface area contributed by atoms with Crippen LogP contribution in [-0.2, 0) is 13.0 Å². The van der Waals surface area contributed by atoms with Crippen LogP contribution in [0.1, 0.15) is 33.4 Å². The molecule has 104 valence electrons. The van der Waals surface area contributed by atoms with Crippen LogP contribution in [-0.4, -0.2) is 16.3 Å². The Morgan fingerprint density at radius 2 is 2.00 bits per heavy atom. The lowest BCUT2D eigenvalue weighted by Gasteiger charge is -2.31. The van der Waals surface area contributed by atoms with E-state index in [2.05, 4.69) is 56.6 Å². The van der Waals surface area contributed by atoms with Crippen molar-refractivity contribution < 1.29 is 0 Å². The molecule has 2 N–H and O–H groups in total. The molecule has 2 rings (SSSR count). The predicted octanol–water partition coefficient (Wildman–Crippen LogP) is 3.22. The lowest BCUT2D eigenvalue weighted by molar-refractivity contribution is 0.225. The van der Waals surface area contributed by atoms with Gasteiger partial charge in [-0.05, 0) is 37.3 Å². The molecule has 0 radical (unpaired) electrons. The summed E-state index contributed by atoms with van der Waals surface area (Å²) in [5.74, 6) is 0.544. The first-order chi connectivity index (χ1) is 9.01. The summed E-state index contributed by atoms with van der Waals surface area (Å²) in [5, 5.41) is 6.05. The van der Waals surface area contributed by atoms with Crippen LogP contribution in [0.15, 0.2) is 24.3 Å². The van der Waals surface area contributed by atoms with Gasteiger partial charge >= 0.3 is 0 Å². The minimum atomic E-state index is 0.107. The first-order valence-corrected chi connectivity index (χ1v) is 7.16. The first kappa shape index (κ1) is 14.1. The average molecular weight is 259 g/mol. The summed E-state index contributed by atoms with van der Waals surface area (Å²) < 4.78 is 2.09. The number of nitrogens with zero attached hydrogens (tertiary/aromatic N) is 2. The molecule has 1 atom stereocenters. The molecule has 19 heavy (non-hydrogen) atoms. The van der Waals surface area contributed by atoms with Crippen LogP contribution >= 0.6 is 0 Å². The molecule has 0 saturated heterocycles. The topological polar surface area (TPSA) is 43.8 Å². The fourth-order valence-electron chi connectivity index (χ4n) is 2.46. The molecular weight excluding hydrogens is 234 g/mol. The highest BCUT2D eigenvalue weighted by atomic mass is 15.3. The van der Waals surface area contributed by atoms with E-state index >= 15 is 0 Å². The Morgan fingerprint density at radius 3 is 2.58 bits per heavy atom. The van der Waals surface area contributed by atoms with Crippen molar-refractivity contribution >= 4 is 10.9 Å². The monoisotopic (exact) mass is 259 g/mol. The molecule has 0 aliphatic heterocycles. The molecule has 0 amide bonds. The number of para-hydroxylation sites is 1. The number of aryl methyl sites for hydroxylation is 1. The fourth-order valence-corrected chi connectivity index (χ4v) is 2.46. The zero-order valence-electron chi connectivity index (χ0n) is 12.5. The van der Waals surface area contributed by atoms with Crippen LogP contribution in [0.5, 0.6) is 0 Å². The van der Waals surface area contributed by atoms with Crippen molar-refractivity contribution in [1.82, 2.24) is 9.78 Å². The zero-order chi connectivity index (χ0) is 14.0. The van der Waals surface area contributed by atoms with Crippen molar-refractivity contribution in [3.8, 4) is 0 Å². The summed E-state index contributed by atoms with van der Waals surface area (Å²) in [5.41, 5.74) is 8.52. The highest BCUT2D eigenvalue weighted by molar-refractivity contribution is 5.82. The van der Waals surface area contributed by atoms with Gasteiger partial charge in [-0.1, -0.05) is 39.0 Å². The Bertz CT molecular complexity index is 556. The Hall–Kier alpha value is -1.35. The van der Waals surface area contributed by atoms with Crippen LogP contribution in [0.2, 0.25) is 0 Å². The Labute approximate surface area is 115 Å². The van der Waals surface area contributed by atoms with E-state index in [0.29, 0.717) is 12.5 Å². The molecular formula is C16H25N3. The highest BCUT2D eigenvalue weighted by Crippen LogP contribution is 2.32. The van der Waals surface area contributed by atoms with Crippen molar-refractivity contribution in [2.75, 3.05) is 6.54 Å². The summed E-state index contributed by atoms with van der Waals surface area (Å²) >= 11 is 0. The van der Waals surface area contributed by atoms with Gasteiger partial charge in [0.2, 0.25) is 0 Å². The first-order valence-electron chi connectivity index (χ1n) is 7.16. The van der Waals surface area contributed by atoms with E-state index in [4.69, 9.17) is 10.8 Å². The minimum Gasteiger partial charge on any atom is -0.330 e. The van der Waals surface area contributed by atoms with E-state index in [1.165, 1.54) is 16.6 Å². The Morgan fingerprint density at radius 1 is 1.32 bits per heavy atom. The molecule has 2 aromatic rings. The molecule has 1 aromatic heterocycles. The minimum absolute atomic E-state index is 0.107. The maximum absolute atomic E-state index is 6.00. The molecule has 1 aromatic carbocycles. The van der Waals surface area contributed by atoms with Crippen molar-refractivity contribution in [2.24, 2.45) is 17.1 Å². The molecule has 3 heteroatoms. The number of nitrogens with two attached hydrogens (primary N) is 1. The van der Waals surface area contributed by atoms with Gasteiger partial charge in [0.25, 0.3) is 0 Å². The van der Waals surface area contributed by atoms with E-state index < -0.39 is 0 Å². The smallest absolute Gasteiger partial charge is 0.0709 e. The molecule has 0 aliphatic carbocycles. The highest BCUT2D eigenvalue weighted by Gasteiger charge is 2.29. The second-order valence-electron chi connectivity index (χ2n) is 5.97. The van der Waals surface area contributed by atoms with Crippen molar-refractivity contribution in [3.05, 3.63) is 30.0 Å². The summed E-state index contributed by atoms with van der Waals surface area (Å²) in [7, 11) is 0. The maximum atomic E-state index is 6.00. The Balaban J connectivity index is 2.46. The third-order valence-electron chi connectivity index (χ3n) is 4.47. The van der Waals surface area contributed by atoms with Gasteiger partial charge in [-0.2, -0.15) is 5.10 Å². The molecule has 0 bridgehead atoms. The van der Waals surface area contributed by atoms with Gasteiger partial charge in [-0.25, -0.2) is 0 Å². The van der Waals surface area contributed by atoms with Crippen molar-refractivity contribution in [2.45, 2.75) is 40.7 Å². The molecule has 0 spiro atoms. The van der Waals surface area contributed by atoms with E-state index in [1.807, 2.05) is 0 Å². The van der Waals surface area contributed by atoms with Gasteiger partial charge in [0.05, 0.1) is 11.2 Å². The van der Waals surface area contributed by atoms with Crippen molar-refractivity contribution in [1.29, 1.82) is 0 Å². The van der Waals surface area contributed by atoms with Crippen LogP contribution in [0, 0.1) is 11.3 Å². The summed E-state index contributed by atoms with van der Waals surface area (Å²) in [6, 6.07) is 8.47. The maximum Gasteiger partial charge on any atom is 0.0709 e. The largest absolute Gasteiger partial charge is 0.330 e. The second kappa shape index (κ2) is 5.33. The van der Waals surface area contributed by atoms with E-state index in [9.17, 15) is 0 Å². The summed E-state index contributed by atoms with van der Waals surface area (Å²) in [6.45, 7) is 10.5. The second-order valence-corrected chi connectivity index (χ2v) is 5.97. The lowest BCUT2D eigenvalue weighted by Crippen LogP contribution is -2.35. The van der Waals surface area contributed by atoms with Crippen LogP contribution < -0.4 is 5.73 Å². The van der Waals surface area contributed by atoms with E-state index in [0.717, 1.165) is 13.0 Å². The van der Waals surface area contributed by atoms with Crippen LogP contribution in [0.4, 0.5) is 0 Å². The van der Waals surface area contributed by atoms with Crippen LogP contribution in [0.25, 0.3) is 10.9 Å². The van der Waals surface area contributed by atoms with Gasteiger partial charge in [0.15, 0.2) is 0 Å². The predicted molar refractivity (Wildman–Crippen MR) is 81.1 cm³/mol. The fraction of sp³-hybridized carbons (Fsp3) is 0.562. The number of hydrogen-bond acceptors (Lipinski definition) is 2. The van der Waals surface area contributed by atoms with Gasteiger partial charge in [0.1, 0.15) is 0 Å². The normalized spacial score (nSPS) is 15.1. The molecule has 3 nitrogen and oxygen atoms in total. The van der Waals surface area contributed by atoms with Gasteiger partial charge < -0.3 is 5.73 Å². The SMILES string of the molecule is CCn1nc(CC(C)(CN)C(C)C)c2ccccc21. The molecule has 0 saturated carbocycles. The third-order valence-corrected chi connectivity index (χ3v) is 4.47. The lowest BCUT2D eigenvalue weighted by atomic mass is 9.75. The number of fused-ring (bicyclic) bond motifs is 1. The van der Waals surface area contributed by atoms with Gasteiger partial charge in [0, 0.05) is 11.9 Å². The van der Waals surface area contributed by atoms with Crippen molar-refractivity contribution in [3.63, 3.8) is 0 Å². The molecule has 1 unspecified atom stereocenters. The quantitative estimate of drug-likeness (QED) is 0.896. The number of rotatable bonds is 5. The number of hydrogen-bond donors (Lipinski definition) is 1.